The van der Waals surface area contributed by atoms with Gasteiger partial charge in [0.1, 0.15) is 12.1 Å². The van der Waals surface area contributed by atoms with Crippen LogP contribution in [0.3, 0.4) is 0 Å². The van der Waals surface area contributed by atoms with Crippen LogP contribution in [0.1, 0.15) is 32.6 Å². The summed E-state index contributed by atoms with van der Waals surface area (Å²) in [5, 5.41) is 4.74. The molecule has 1 heterocycles. The molecule has 1 saturated carbocycles. The van der Waals surface area contributed by atoms with Gasteiger partial charge in [-0.2, -0.15) is 0 Å². The lowest BCUT2D eigenvalue weighted by Crippen LogP contribution is -2.54. The van der Waals surface area contributed by atoms with Gasteiger partial charge in [-0.25, -0.2) is 18.0 Å². The Bertz CT molecular complexity index is 786. The Morgan fingerprint density at radius 3 is 2.69 bits per heavy atom. The number of urea groups is 1. The molecule has 9 heteroatoms. The Balaban J connectivity index is 1.73. The van der Waals surface area contributed by atoms with E-state index in [-0.39, 0.29) is 5.92 Å². The molecule has 6 nitrogen and oxygen atoms in total. The number of carbonyl (C=O) groups excluding carboxylic acids is 3. The first kappa shape index (κ1) is 18.2. The molecular weight excluding hydrogens is 351 g/mol. The van der Waals surface area contributed by atoms with Crippen molar-refractivity contribution in [1.82, 2.24) is 10.2 Å². The summed E-state index contributed by atoms with van der Waals surface area (Å²) >= 11 is 0. The molecule has 1 aliphatic heterocycles. The predicted molar refractivity (Wildman–Crippen MR) is 85.6 cm³/mol. The van der Waals surface area contributed by atoms with Crippen LogP contribution in [0.15, 0.2) is 12.1 Å². The Kier molecular flexibility index (Phi) is 4.64. The average molecular weight is 369 g/mol. The third-order valence-corrected chi connectivity index (χ3v) is 5.11. The summed E-state index contributed by atoms with van der Waals surface area (Å²) in [7, 11) is 0. The van der Waals surface area contributed by atoms with Crippen molar-refractivity contribution in [3.63, 3.8) is 0 Å². The van der Waals surface area contributed by atoms with Gasteiger partial charge in [0.05, 0.1) is 5.69 Å². The molecule has 2 N–H and O–H groups in total. The Morgan fingerprint density at radius 1 is 1.27 bits per heavy atom. The fourth-order valence-electron chi connectivity index (χ4n) is 3.59. The molecular formula is C17H18F3N3O3. The summed E-state index contributed by atoms with van der Waals surface area (Å²) < 4.78 is 39.8. The lowest BCUT2D eigenvalue weighted by atomic mass is 9.73. The number of nitrogens with one attached hydrogen (secondary N) is 2. The summed E-state index contributed by atoms with van der Waals surface area (Å²) in [6.45, 7) is 1.23. The van der Waals surface area contributed by atoms with E-state index in [1.165, 1.54) is 0 Å². The topological polar surface area (TPSA) is 78.5 Å². The first-order valence-corrected chi connectivity index (χ1v) is 8.33. The SMILES string of the molecule is C[C@@H]1CCCC[C@]12NC(=O)N(CC(=O)Nc1ccc(F)c(F)c1F)C2=O. The number of rotatable bonds is 3. The van der Waals surface area contributed by atoms with E-state index in [0.717, 1.165) is 30.2 Å². The van der Waals surface area contributed by atoms with Crippen LogP contribution in [0.2, 0.25) is 0 Å². The largest absolute Gasteiger partial charge is 0.325 e. The quantitative estimate of drug-likeness (QED) is 0.635. The van der Waals surface area contributed by atoms with Crippen molar-refractivity contribution in [2.75, 3.05) is 11.9 Å². The molecule has 0 aromatic heterocycles. The van der Waals surface area contributed by atoms with Crippen LogP contribution in [-0.2, 0) is 9.59 Å². The van der Waals surface area contributed by atoms with Gasteiger partial charge in [-0.3, -0.25) is 14.5 Å². The number of anilines is 1. The number of nitrogens with zero attached hydrogens (tertiary/aromatic N) is 1. The third kappa shape index (κ3) is 2.91. The first-order valence-electron chi connectivity index (χ1n) is 8.33. The fraction of sp³-hybridized carbons (Fsp3) is 0.471. The lowest BCUT2D eigenvalue weighted by Gasteiger charge is -2.36. The van der Waals surface area contributed by atoms with E-state index in [4.69, 9.17) is 0 Å². The molecule has 26 heavy (non-hydrogen) atoms. The second kappa shape index (κ2) is 6.62. The standard InChI is InChI=1S/C17H18F3N3O3/c1-9-4-2-3-7-17(9)15(25)23(16(26)22-17)8-12(24)21-11-6-5-10(18)13(19)14(11)20/h5-6,9H,2-4,7-8H2,1H3,(H,21,24)(H,22,26)/t9-,17+/m1/s1. The molecule has 1 aliphatic carbocycles. The fourth-order valence-corrected chi connectivity index (χ4v) is 3.59. The predicted octanol–water partition coefficient (Wildman–Crippen LogP) is 2.54. The van der Waals surface area contributed by atoms with Crippen molar-refractivity contribution in [3.8, 4) is 0 Å². The highest BCUT2D eigenvalue weighted by Gasteiger charge is 2.55. The van der Waals surface area contributed by atoms with E-state index in [2.05, 4.69) is 10.6 Å². The van der Waals surface area contributed by atoms with Crippen LogP contribution >= 0.6 is 0 Å². The molecule has 4 amide bonds. The lowest BCUT2D eigenvalue weighted by molar-refractivity contribution is -0.136. The summed E-state index contributed by atoms with van der Waals surface area (Å²) in [6.07, 6.45) is 3.03. The molecule has 3 rings (SSSR count). The van der Waals surface area contributed by atoms with Gasteiger partial charge in [-0.05, 0) is 30.9 Å². The number of amides is 4. The third-order valence-electron chi connectivity index (χ3n) is 5.11. The molecule has 0 bridgehead atoms. The highest BCUT2D eigenvalue weighted by molar-refractivity contribution is 6.10. The summed E-state index contributed by atoms with van der Waals surface area (Å²) in [5.74, 6) is -6.09. The second-order valence-electron chi connectivity index (χ2n) is 6.71. The Morgan fingerprint density at radius 2 is 2.00 bits per heavy atom. The number of benzene rings is 1. The number of hydrogen-bond donors (Lipinski definition) is 2. The molecule has 140 valence electrons. The number of carbonyl (C=O) groups is 3. The van der Waals surface area contributed by atoms with E-state index >= 15 is 0 Å². The molecule has 2 atom stereocenters. The maximum atomic E-state index is 13.6. The zero-order valence-electron chi connectivity index (χ0n) is 14.1. The van der Waals surface area contributed by atoms with E-state index in [0.29, 0.717) is 12.5 Å². The van der Waals surface area contributed by atoms with Gasteiger partial charge in [-0.1, -0.05) is 19.8 Å². The summed E-state index contributed by atoms with van der Waals surface area (Å²) in [4.78, 5) is 37.8. The molecule has 0 unspecified atom stereocenters. The minimum Gasteiger partial charge on any atom is -0.323 e. The zero-order valence-corrected chi connectivity index (χ0v) is 14.1. The van der Waals surface area contributed by atoms with Gasteiger partial charge < -0.3 is 10.6 Å². The maximum Gasteiger partial charge on any atom is 0.325 e. The van der Waals surface area contributed by atoms with Gasteiger partial charge in [-0.15, -0.1) is 0 Å². The summed E-state index contributed by atoms with van der Waals surface area (Å²) in [6, 6.07) is 0.840. The summed E-state index contributed by atoms with van der Waals surface area (Å²) in [5.41, 5.74) is -1.58. The van der Waals surface area contributed by atoms with E-state index in [9.17, 15) is 27.6 Å². The first-order chi connectivity index (χ1) is 12.3. The van der Waals surface area contributed by atoms with Gasteiger partial charge in [0.25, 0.3) is 5.91 Å². The number of halogens is 3. The van der Waals surface area contributed by atoms with E-state index < -0.39 is 53.1 Å². The van der Waals surface area contributed by atoms with Crippen molar-refractivity contribution in [2.24, 2.45) is 5.92 Å². The van der Waals surface area contributed by atoms with Gasteiger partial charge in [0.2, 0.25) is 5.91 Å². The van der Waals surface area contributed by atoms with Gasteiger partial charge >= 0.3 is 6.03 Å². The molecule has 2 fully saturated rings. The van der Waals surface area contributed by atoms with Crippen LogP contribution < -0.4 is 10.6 Å². The van der Waals surface area contributed by atoms with Crippen molar-refractivity contribution in [1.29, 1.82) is 0 Å². The molecule has 1 saturated heterocycles. The Labute approximate surface area is 147 Å². The number of hydrogen-bond acceptors (Lipinski definition) is 3. The number of imide groups is 1. The molecule has 1 spiro atoms. The monoisotopic (exact) mass is 369 g/mol. The van der Waals surface area contributed by atoms with E-state index in [1.807, 2.05) is 6.92 Å². The van der Waals surface area contributed by atoms with Crippen LogP contribution in [0.5, 0.6) is 0 Å². The van der Waals surface area contributed by atoms with Crippen LogP contribution in [0.4, 0.5) is 23.7 Å². The van der Waals surface area contributed by atoms with Crippen molar-refractivity contribution < 1.29 is 27.6 Å². The minimum absolute atomic E-state index is 0.0654. The smallest absolute Gasteiger partial charge is 0.323 e. The maximum absolute atomic E-state index is 13.6. The Hall–Kier alpha value is -2.58. The second-order valence-corrected chi connectivity index (χ2v) is 6.71. The molecule has 1 aromatic rings. The minimum atomic E-state index is -1.72. The van der Waals surface area contributed by atoms with Crippen molar-refractivity contribution in [3.05, 3.63) is 29.6 Å². The molecule has 1 aromatic carbocycles. The highest BCUT2D eigenvalue weighted by atomic mass is 19.2. The highest BCUT2D eigenvalue weighted by Crippen LogP contribution is 2.38. The normalized spacial score (nSPS) is 25.5. The van der Waals surface area contributed by atoms with Crippen molar-refractivity contribution >= 4 is 23.5 Å². The van der Waals surface area contributed by atoms with Crippen LogP contribution in [0.25, 0.3) is 0 Å². The van der Waals surface area contributed by atoms with Crippen LogP contribution in [0, 0.1) is 23.4 Å². The average Bonchev–Trinajstić information content (AvgIpc) is 2.83. The molecule has 2 aliphatic rings. The van der Waals surface area contributed by atoms with Crippen molar-refractivity contribution in [2.45, 2.75) is 38.1 Å². The molecule has 0 radical (unpaired) electrons. The zero-order chi connectivity index (χ0) is 19.1. The van der Waals surface area contributed by atoms with E-state index in [1.54, 1.807) is 0 Å². The van der Waals surface area contributed by atoms with Crippen LogP contribution in [-0.4, -0.2) is 34.8 Å². The van der Waals surface area contributed by atoms with Gasteiger partial charge in [0, 0.05) is 0 Å². The van der Waals surface area contributed by atoms with Gasteiger partial charge in [0.15, 0.2) is 17.5 Å².